The Labute approximate surface area is 115 Å². The van der Waals surface area contributed by atoms with Gasteiger partial charge in [-0.1, -0.05) is 19.8 Å². The van der Waals surface area contributed by atoms with E-state index in [0.29, 0.717) is 5.28 Å². The van der Waals surface area contributed by atoms with E-state index >= 15 is 0 Å². The van der Waals surface area contributed by atoms with Crippen LogP contribution in [-0.4, -0.2) is 15.7 Å². The zero-order chi connectivity index (χ0) is 12.3. The fourth-order valence-corrected chi connectivity index (χ4v) is 3.84. The number of hydrogen-bond donors (Lipinski definition) is 0. The van der Waals surface area contributed by atoms with Crippen LogP contribution in [0.5, 0.6) is 0 Å². The number of halogens is 1. The maximum absolute atomic E-state index is 5.94. The lowest BCUT2D eigenvalue weighted by atomic mass is 10.3. The number of thiophene rings is 1. The molecule has 0 N–H and O–H groups in total. The van der Waals surface area contributed by atoms with E-state index in [1.807, 2.05) is 0 Å². The van der Waals surface area contributed by atoms with Gasteiger partial charge in [-0.05, 0) is 36.8 Å². The molecule has 0 saturated heterocycles. The monoisotopic (exact) mass is 286 g/mol. The molecule has 0 aromatic carbocycles. The predicted molar refractivity (Wildman–Crippen MR) is 77.4 cm³/mol. The summed E-state index contributed by atoms with van der Waals surface area (Å²) in [5.74, 6) is 1.10. The molecule has 17 heavy (non-hydrogen) atoms. The van der Waals surface area contributed by atoms with E-state index < -0.39 is 0 Å². The molecule has 0 aliphatic carbocycles. The molecule has 2 aromatic rings. The maximum Gasteiger partial charge on any atom is 0.224 e. The fourth-order valence-electron chi connectivity index (χ4n) is 1.62. The Kier molecular flexibility index (Phi) is 4.65. The number of aromatic nitrogens is 2. The smallest absolute Gasteiger partial charge is 0.211 e. The van der Waals surface area contributed by atoms with E-state index in [0.717, 1.165) is 21.0 Å². The number of aryl methyl sites for hydroxylation is 1. The molecule has 5 heteroatoms. The number of rotatable bonds is 5. The van der Waals surface area contributed by atoms with E-state index in [9.17, 15) is 0 Å². The molecular weight excluding hydrogens is 272 g/mol. The third-order valence-electron chi connectivity index (χ3n) is 2.44. The van der Waals surface area contributed by atoms with Gasteiger partial charge in [0.1, 0.15) is 9.86 Å². The Morgan fingerprint density at radius 1 is 1.35 bits per heavy atom. The highest BCUT2D eigenvalue weighted by atomic mass is 35.5. The first kappa shape index (κ1) is 13.1. The Balaban J connectivity index is 2.19. The molecule has 0 radical (unpaired) electrons. The lowest BCUT2D eigenvalue weighted by Crippen LogP contribution is -1.88. The second-order valence-corrected chi connectivity index (χ2v) is 6.59. The number of unbranched alkanes of at least 4 members (excludes halogenated alkanes) is 2. The van der Waals surface area contributed by atoms with Crippen molar-refractivity contribution in [2.75, 3.05) is 5.75 Å². The highest BCUT2D eigenvalue weighted by molar-refractivity contribution is 7.99. The Hall–Kier alpha value is -0.320. The molecular formula is C12H15ClN2S2. The minimum absolute atomic E-state index is 0.359. The molecule has 0 unspecified atom stereocenters. The minimum atomic E-state index is 0.359. The van der Waals surface area contributed by atoms with Gasteiger partial charge in [0, 0.05) is 10.3 Å². The van der Waals surface area contributed by atoms with Crippen molar-refractivity contribution in [1.82, 2.24) is 9.97 Å². The predicted octanol–water partition coefficient (Wildman–Crippen LogP) is 4.94. The zero-order valence-electron chi connectivity index (χ0n) is 9.99. The first-order chi connectivity index (χ1) is 8.20. The Morgan fingerprint density at radius 2 is 2.18 bits per heavy atom. The van der Waals surface area contributed by atoms with Crippen LogP contribution in [0.1, 0.15) is 31.1 Å². The topological polar surface area (TPSA) is 25.8 Å². The van der Waals surface area contributed by atoms with Crippen LogP contribution in [0.15, 0.2) is 11.1 Å². The van der Waals surface area contributed by atoms with E-state index in [2.05, 4.69) is 29.9 Å². The van der Waals surface area contributed by atoms with Gasteiger partial charge in [-0.2, -0.15) is 0 Å². The van der Waals surface area contributed by atoms with Crippen LogP contribution < -0.4 is 0 Å². The molecule has 0 aliphatic rings. The van der Waals surface area contributed by atoms with Gasteiger partial charge in [-0.25, -0.2) is 9.97 Å². The van der Waals surface area contributed by atoms with E-state index in [1.165, 1.54) is 24.1 Å². The van der Waals surface area contributed by atoms with E-state index in [4.69, 9.17) is 11.6 Å². The minimum Gasteiger partial charge on any atom is -0.211 e. The summed E-state index contributed by atoms with van der Waals surface area (Å²) < 4.78 is 0. The largest absolute Gasteiger partial charge is 0.224 e. The lowest BCUT2D eigenvalue weighted by Gasteiger charge is -2.02. The van der Waals surface area contributed by atoms with Crippen molar-refractivity contribution in [3.05, 3.63) is 16.2 Å². The van der Waals surface area contributed by atoms with Crippen LogP contribution in [0.4, 0.5) is 0 Å². The molecule has 0 spiro atoms. The van der Waals surface area contributed by atoms with Crippen LogP contribution in [0.3, 0.4) is 0 Å². The fraction of sp³-hybridized carbons (Fsp3) is 0.500. The molecule has 0 atom stereocenters. The number of fused-ring (bicyclic) bond motifs is 1. The lowest BCUT2D eigenvalue weighted by molar-refractivity contribution is 0.778. The quantitative estimate of drug-likeness (QED) is 0.337. The van der Waals surface area contributed by atoms with Crippen molar-refractivity contribution in [2.45, 2.75) is 38.1 Å². The van der Waals surface area contributed by atoms with Gasteiger partial charge in [-0.15, -0.1) is 23.1 Å². The summed E-state index contributed by atoms with van der Waals surface area (Å²) in [5, 5.41) is 2.54. The molecule has 2 heterocycles. The summed E-state index contributed by atoms with van der Waals surface area (Å²) in [4.78, 5) is 10.9. The number of hydrogen-bond acceptors (Lipinski definition) is 4. The van der Waals surface area contributed by atoms with Gasteiger partial charge in [0.05, 0.1) is 0 Å². The van der Waals surface area contributed by atoms with Gasteiger partial charge in [0.25, 0.3) is 0 Å². The maximum atomic E-state index is 5.94. The van der Waals surface area contributed by atoms with Gasteiger partial charge in [-0.3, -0.25) is 0 Å². The standard InChI is InChI=1S/C12H15ClN2S2/c1-3-4-5-6-16-10-9-7-8(2)17-11(9)15-12(13)14-10/h7H,3-6H2,1-2H3. The van der Waals surface area contributed by atoms with Gasteiger partial charge in [0.2, 0.25) is 5.28 Å². The van der Waals surface area contributed by atoms with Crippen molar-refractivity contribution < 1.29 is 0 Å². The molecule has 0 aliphatic heterocycles. The molecule has 0 fully saturated rings. The molecule has 2 nitrogen and oxygen atoms in total. The Bertz CT molecular complexity index is 510. The first-order valence-electron chi connectivity index (χ1n) is 5.77. The third kappa shape index (κ3) is 3.33. The van der Waals surface area contributed by atoms with Crippen LogP contribution in [0, 0.1) is 6.92 Å². The number of thioether (sulfide) groups is 1. The highest BCUT2D eigenvalue weighted by Gasteiger charge is 2.09. The molecule has 0 bridgehead atoms. The van der Waals surface area contributed by atoms with Crippen LogP contribution in [0.25, 0.3) is 10.2 Å². The Morgan fingerprint density at radius 3 is 2.94 bits per heavy atom. The van der Waals surface area contributed by atoms with Crippen molar-refractivity contribution in [2.24, 2.45) is 0 Å². The summed E-state index contributed by atoms with van der Waals surface area (Å²) >= 11 is 9.41. The van der Waals surface area contributed by atoms with Gasteiger partial charge in [0.15, 0.2) is 0 Å². The normalized spacial score (nSPS) is 11.2. The summed E-state index contributed by atoms with van der Waals surface area (Å²) in [6, 6.07) is 2.15. The third-order valence-corrected chi connectivity index (χ3v) is 4.63. The van der Waals surface area contributed by atoms with E-state index in [-0.39, 0.29) is 0 Å². The second-order valence-electron chi connectivity index (χ2n) is 3.93. The van der Waals surface area contributed by atoms with Gasteiger partial charge < -0.3 is 0 Å². The van der Waals surface area contributed by atoms with Crippen LogP contribution in [0.2, 0.25) is 5.28 Å². The number of nitrogens with zero attached hydrogens (tertiary/aromatic N) is 2. The average molecular weight is 287 g/mol. The van der Waals surface area contributed by atoms with Crippen LogP contribution in [-0.2, 0) is 0 Å². The van der Waals surface area contributed by atoms with Crippen molar-refractivity contribution in [3.8, 4) is 0 Å². The molecule has 2 rings (SSSR count). The van der Waals surface area contributed by atoms with Crippen LogP contribution >= 0.6 is 34.7 Å². The average Bonchev–Trinajstić information content (AvgIpc) is 2.64. The SMILES string of the molecule is CCCCCSc1nc(Cl)nc2sc(C)cc12. The summed E-state index contributed by atoms with van der Waals surface area (Å²) in [7, 11) is 0. The van der Waals surface area contributed by atoms with Gasteiger partial charge >= 0.3 is 0 Å². The first-order valence-corrected chi connectivity index (χ1v) is 7.95. The zero-order valence-corrected chi connectivity index (χ0v) is 12.4. The van der Waals surface area contributed by atoms with Crippen molar-refractivity contribution in [1.29, 1.82) is 0 Å². The highest BCUT2D eigenvalue weighted by Crippen LogP contribution is 2.32. The summed E-state index contributed by atoms with van der Waals surface area (Å²) in [5.41, 5.74) is 0. The summed E-state index contributed by atoms with van der Waals surface area (Å²) in [6.45, 7) is 4.30. The van der Waals surface area contributed by atoms with Crippen molar-refractivity contribution >= 4 is 44.9 Å². The van der Waals surface area contributed by atoms with Crippen molar-refractivity contribution in [3.63, 3.8) is 0 Å². The second kappa shape index (κ2) is 6.03. The molecule has 2 aromatic heterocycles. The molecule has 0 saturated carbocycles. The molecule has 92 valence electrons. The summed E-state index contributed by atoms with van der Waals surface area (Å²) in [6.07, 6.45) is 3.75. The molecule has 0 amide bonds. The van der Waals surface area contributed by atoms with E-state index in [1.54, 1.807) is 23.1 Å².